The number of hydrogen-bond acceptors (Lipinski definition) is 6. The maximum atomic E-state index is 13.5. The van der Waals surface area contributed by atoms with E-state index in [-0.39, 0.29) is 24.0 Å². The summed E-state index contributed by atoms with van der Waals surface area (Å²) in [5.74, 6) is 0.747. The van der Waals surface area contributed by atoms with Gasteiger partial charge in [-0.2, -0.15) is 0 Å². The van der Waals surface area contributed by atoms with E-state index in [1.165, 1.54) is 4.90 Å². The summed E-state index contributed by atoms with van der Waals surface area (Å²) in [4.78, 5) is 28.5. The van der Waals surface area contributed by atoms with Crippen LogP contribution in [0.3, 0.4) is 0 Å². The van der Waals surface area contributed by atoms with Crippen LogP contribution < -0.4 is 14.2 Å². The molecule has 208 valence electrons. The zero-order valence-corrected chi connectivity index (χ0v) is 23.3. The Morgan fingerprint density at radius 3 is 2.55 bits per heavy atom. The van der Waals surface area contributed by atoms with Crippen LogP contribution in [0, 0.1) is 5.92 Å². The van der Waals surface area contributed by atoms with Crippen molar-refractivity contribution in [1.82, 2.24) is 4.90 Å². The van der Waals surface area contributed by atoms with Crippen LogP contribution in [0.1, 0.15) is 55.5 Å². The third-order valence-electron chi connectivity index (χ3n) is 7.36. The van der Waals surface area contributed by atoms with Crippen LogP contribution in [0.5, 0.6) is 17.2 Å². The van der Waals surface area contributed by atoms with Crippen molar-refractivity contribution in [3.05, 3.63) is 94.6 Å². The lowest BCUT2D eigenvalue weighted by atomic mass is 9.94. The van der Waals surface area contributed by atoms with E-state index in [1.807, 2.05) is 49.4 Å². The molecule has 7 heteroatoms. The second kappa shape index (κ2) is 11.5. The average Bonchev–Trinajstić information content (AvgIpc) is 3.44. The normalized spacial score (nSPS) is 19.6. The van der Waals surface area contributed by atoms with E-state index in [0.29, 0.717) is 41.6 Å². The Morgan fingerprint density at radius 1 is 1.05 bits per heavy atom. The first kappa shape index (κ1) is 27.3. The van der Waals surface area contributed by atoms with Crippen LogP contribution in [0.4, 0.5) is 0 Å². The topological polar surface area (TPSA) is 85.3 Å². The number of ether oxygens (including phenoxy) is 3. The second-order valence-corrected chi connectivity index (χ2v) is 10.8. The van der Waals surface area contributed by atoms with Crippen LogP contribution in [-0.4, -0.2) is 41.5 Å². The van der Waals surface area contributed by atoms with Gasteiger partial charge in [0.15, 0.2) is 11.5 Å². The van der Waals surface area contributed by atoms with Gasteiger partial charge in [-0.25, -0.2) is 0 Å². The molecule has 40 heavy (non-hydrogen) atoms. The van der Waals surface area contributed by atoms with Crippen LogP contribution >= 0.6 is 0 Å². The van der Waals surface area contributed by atoms with Crippen molar-refractivity contribution in [2.24, 2.45) is 5.92 Å². The number of benzene rings is 3. The van der Waals surface area contributed by atoms with Crippen molar-refractivity contribution in [3.8, 4) is 17.2 Å². The lowest BCUT2D eigenvalue weighted by Gasteiger charge is -2.26. The van der Waals surface area contributed by atoms with Gasteiger partial charge in [0.2, 0.25) is 0 Å². The molecule has 1 fully saturated rings. The number of rotatable bonds is 9. The van der Waals surface area contributed by atoms with Crippen LogP contribution in [0.25, 0.3) is 5.76 Å². The summed E-state index contributed by atoms with van der Waals surface area (Å²) < 4.78 is 17.4. The first-order chi connectivity index (χ1) is 19.3. The van der Waals surface area contributed by atoms with Gasteiger partial charge in [0.05, 0.1) is 25.3 Å². The molecule has 2 heterocycles. The van der Waals surface area contributed by atoms with Gasteiger partial charge in [-0.15, -0.1) is 0 Å². The Kier molecular flexibility index (Phi) is 7.83. The second-order valence-electron chi connectivity index (χ2n) is 10.8. The van der Waals surface area contributed by atoms with E-state index in [1.54, 1.807) is 31.4 Å². The molecule has 7 nitrogen and oxygen atoms in total. The predicted molar refractivity (Wildman–Crippen MR) is 152 cm³/mol. The van der Waals surface area contributed by atoms with Crippen LogP contribution in [0.2, 0.25) is 0 Å². The Bertz CT molecular complexity index is 1440. The highest BCUT2D eigenvalue weighted by Crippen LogP contribution is 2.43. The first-order valence-electron chi connectivity index (χ1n) is 13.7. The minimum atomic E-state index is -0.817. The number of methoxy groups -OCH3 is 1. The van der Waals surface area contributed by atoms with Crippen molar-refractivity contribution in [3.63, 3.8) is 0 Å². The van der Waals surface area contributed by atoms with Crippen molar-refractivity contribution in [2.45, 2.75) is 52.3 Å². The molecule has 1 N–H and O–H groups in total. The Labute approximate surface area is 235 Å². The van der Waals surface area contributed by atoms with Crippen molar-refractivity contribution >= 4 is 17.4 Å². The summed E-state index contributed by atoms with van der Waals surface area (Å²) >= 11 is 0. The molecule has 0 spiro atoms. The monoisotopic (exact) mass is 541 g/mol. The summed E-state index contributed by atoms with van der Waals surface area (Å²) in [6.45, 7) is 7.00. The van der Waals surface area contributed by atoms with Gasteiger partial charge in [-0.1, -0.05) is 50.2 Å². The van der Waals surface area contributed by atoms with Gasteiger partial charge < -0.3 is 24.2 Å². The van der Waals surface area contributed by atoms with Gasteiger partial charge in [-0.3, -0.25) is 9.59 Å². The third-order valence-corrected chi connectivity index (χ3v) is 7.36. The summed E-state index contributed by atoms with van der Waals surface area (Å²) in [5, 5.41) is 11.6. The molecule has 0 aliphatic carbocycles. The molecular weight excluding hydrogens is 506 g/mol. The maximum Gasteiger partial charge on any atom is 0.295 e. The molecule has 3 aromatic carbocycles. The standard InChI is InChI=1S/C33H35NO6/c1-20(2)14-15-39-27-13-10-23(18-28(27)38-4)30-29(31(35)24-11-12-26-25(17-24)16-21(3)40-26)32(36)33(37)34(30)19-22-8-6-5-7-9-22/h5-13,17-18,20-21,30,35H,14-16,19H2,1-4H3/t21-,30+/m1/s1. The number of nitrogens with zero attached hydrogens (tertiary/aromatic N) is 1. The number of ketones is 1. The summed E-state index contributed by atoms with van der Waals surface area (Å²) in [5.41, 5.74) is 2.99. The third kappa shape index (κ3) is 5.41. The molecule has 3 aromatic rings. The fourth-order valence-corrected chi connectivity index (χ4v) is 5.27. The largest absolute Gasteiger partial charge is 0.507 e. The minimum Gasteiger partial charge on any atom is -0.507 e. The number of hydrogen-bond donors (Lipinski definition) is 1. The Morgan fingerprint density at radius 2 is 1.82 bits per heavy atom. The number of aliphatic hydroxyl groups is 1. The lowest BCUT2D eigenvalue weighted by molar-refractivity contribution is -0.140. The molecule has 1 saturated heterocycles. The number of amides is 1. The SMILES string of the molecule is COc1cc([C@H]2C(=C(O)c3ccc4c(c3)C[C@@H](C)O4)C(=O)C(=O)N2Cc2ccccc2)ccc1OCCC(C)C. The number of carbonyl (C=O) groups is 2. The summed E-state index contributed by atoms with van der Waals surface area (Å²) in [7, 11) is 1.56. The van der Waals surface area contributed by atoms with E-state index in [9.17, 15) is 14.7 Å². The number of Topliss-reactive ketones (excluding diaryl/α,β-unsaturated/α-hetero) is 1. The highest BCUT2D eigenvalue weighted by Gasteiger charge is 2.46. The number of likely N-dealkylation sites (tertiary alicyclic amines) is 1. The van der Waals surface area contributed by atoms with Crippen molar-refractivity contribution < 1.29 is 28.9 Å². The first-order valence-corrected chi connectivity index (χ1v) is 13.7. The van der Waals surface area contributed by atoms with E-state index in [2.05, 4.69) is 13.8 Å². The van der Waals surface area contributed by atoms with E-state index >= 15 is 0 Å². The highest BCUT2D eigenvalue weighted by molar-refractivity contribution is 6.46. The molecule has 2 aliphatic heterocycles. The zero-order valence-electron chi connectivity index (χ0n) is 23.3. The Hall–Kier alpha value is -4.26. The van der Waals surface area contributed by atoms with Crippen LogP contribution in [0.15, 0.2) is 72.3 Å². The molecular formula is C33H35NO6. The van der Waals surface area contributed by atoms with E-state index in [4.69, 9.17) is 14.2 Å². The minimum absolute atomic E-state index is 0.0394. The van der Waals surface area contributed by atoms with Crippen LogP contribution in [-0.2, 0) is 22.6 Å². The summed E-state index contributed by atoms with van der Waals surface area (Å²) in [6, 6.07) is 19.4. The fourth-order valence-electron chi connectivity index (χ4n) is 5.27. The number of carbonyl (C=O) groups excluding carboxylic acids is 2. The van der Waals surface area contributed by atoms with Gasteiger partial charge in [0.25, 0.3) is 11.7 Å². The van der Waals surface area contributed by atoms with Crippen molar-refractivity contribution in [2.75, 3.05) is 13.7 Å². The molecule has 1 amide bonds. The van der Waals surface area contributed by atoms with E-state index in [0.717, 1.165) is 23.3 Å². The summed E-state index contributed by atoms with van der Waals surface area (Å²) in [6.07, 6.45) is 1.64. The van der Waals surface area contributed by atoms with Gasteiger partial charge in [0, 0.05) is 18.5 Å². The molecule has 0 saturated carbocycles. The van der Waals surface area contributed by atoms with Gasteiger partial charge in [-0.05, 0) is 66.3 Å². The number of aliphatic hydroxyl groups excluding tert-OH is 1. The number of fused-ring (bicyclic) bond motifs is 1. The van der Waals surface area contributed by atoms with E-state index < -0.39 is 17.7 Å². The molecule has 0 aromatic heterocycles. The molecule has 0 radical (unpaired) electrons. The van der Waals surface area contributed by atoms with Crippen molar-refractivity contribution in [1.29, 1.82) is 0 Å². The zero-order chi connectivity index (χ0) is 28.4. The molecule has 0 unspecified atom stereocenters. The molecule has 0 bridgehead atoms. The maximum absolute atomic E-state index is 13.5. The molecule has 5 rings (SSSR count). The van der Waals surface area contributed by atoms with Gasteiger partial charge in [0.1, 0.15) is 17.6 Å². The Balaban J connectivity index is 1.59. The fraction of sp³-hybridized carbons (Fsp3) is 0.333. The lowest BCUT2D eigenvalue weighted by Crippen LogP contribution is -2.29. The smallest absolute Gasteiger partial charge is 0.295 e. The average molecular weight is 542 g/mol. The molecule has 2 atom stereocenters. The molecule has 2 aliphatic rings. The predicted octanol–water partition coefficient (Wildman–Crippen LogP) is 6.07. The van der Waals surface area contributed by atoms with Gasteiger partial charge >= 0.3 is 0 Å². The highest BCUT2D eigenvalue weighted by atomic mass is 16.5. The quantitative estimate of drug-likeness (QED) is 0.201.